The second kappa shape index (κ2) is 9.57. The normalized spacial score (nSPS) is 46.1. The molecule has 4 aliphatic carbocycles. The molecule has 4 saturated carbocycles. The van der Waals surface area contributed by atoms with E-state index in [0.717, 1.165) is 58.0 Å². The minimum absolute atomic E-state index is 0.0451. The number of fused-ring (bicyclic) bond motifs is 5. The molecule has 0 spiro atoms. The van der Waals surface area contributed by atoms with Crippen molar-refractivity contribution >= 4 is 11.6 Å². The first-order valence-electron chi connectivity index (χ1n) is 14.8. The van der Waals surface area contributed by atoms with Gasteiger partial charge in [0.15, 0.2) is 0 Å². The summed E-state index contributed by atoms with van der Waals surface area (Å²) in [7, 11) is 0. The Morgan fingerprint density at radius 2 is 1.89 bits per heavy atom. The van der Waals surface area contributed by atoms with Crippen LogP contribution in [0.3, 0.4) is 0 Å². The van der Waals surface area contributed by atoms with E-state index in [2.05, 4.69) is 43.0 Å². The van der Waals surface area contributed by atoms with Crippen molar-refractivity contribution in [2.45, 2.75) is 90.4 Å². The molecule has 5 fully saturated rings. The highest BCUT2D eigenvalue weighted by Crippen LogP contribution is 2.66. The largest absolute Gasteiger partial charge is 0.391 e. The van der Waals surface area contributed by atoms with Crippen LogP contribution >= 0.6 is 0 Å². The van der Waals surface area contributed by atoms with E-state index in [1.807, 2.05) is 6.07 Å². The molecular formula is C32H45NO4. The Balaban J connectivity index is 1.22. The van der Waals surface area contributed by atoms with Crippen molar-refractivity contribution in [1.29, 1.82) is 0 Å². The molecule has 1 saturated heterocycles. The monoisotopic (exact) mass is 507 g/mol. The van der Waals surface area contributed by atoms with Crippen LogP contribution in [0.2, 0.25) is 0 Å². The molecule has 6 rings (SSSR count). The number of aliphatic hydroxyl groups excluding tert-OH is 1. The molecule has 0 radical (unpaired) electrons. The Bertz CT molecular complexity index is 1030. The van der Waals surface area contributed by atoms with Gasteiger partial charge < -0.3 is 9.84 Å². The second-order valence-corrected chi connectivity index (χ2v) is 13.7. The molecule has 10 atom stereocenters. The Kier molecular flexibility index (Phi) is 6.65. The number of aliphatic hydroxyl groups is 1. The maximum Gasteiger partial charge on any atom is 0.137 e. The van der Waals surface area contributed by atoms with Gasteiger partial charge in [-0.15, -0.1) is 0 Å². The van der Waals surface area contributed by atoms with Crippen molar-refractivity contribution in [3.05, 3.63) is 35.9 Å². The standard InChI is InChI=1S/C32H45NO4/c1-20(34)25-11-12-26-24-10-9-22-16-28(35)27(17-31(22,2)30(24)29(36)18-32(25,26)3)33-13-14-37-23(19-33)15-21-7-5-4-6-8-21/h4-8,22-28,30,35H,9-19H2,1-3H3/t22-,23-,24-,25+,26-,27-,28-,30+,31-,32+/m0/s1. The quantitative estimate of drug-likeness (QED) is 0.640. The summed E-state index contributed by atoms with van der Waals surface area (Å²) in [5, 5.41) is 11.4. The first kappa shape index (κ1) is 25.7. The number of ketones is 2. The summed E-state index contributed by atoms with van der Waals surface area (Å²) in [5.74, 6) is 2.07. The fraction of sp³-hybridized carbons (Fsp3) is 0.750. The number of Topliss-reactive ketones (excluding diaryl/α,β-unsaturated/α-hetero) is 2. The van der Waals surface area contributed by atoms with Gasteiger partial charge in [-0.2, -0.15) is 0 Å². The van der Waals surface area contributed by atoms with Crippen molar-refractivity contribution in [2.24, 2.45) is 40.4 Å². The second-order valence-electron chi connectivity index (χ2n) is 13.7. The third-order valence-corrected chi connectivity index (χ3v) is 11.8. The van der Waals surface area contributed by atoms with E-state index in [9.17, 15) is 14.7 Å². The predicted octanol–water partition coefficient (Wildman–Crippen LogP) is 4.70. The van der Waals surface area contributed by atoms with E-state index < -0.39 is 0 Å². The Labute approximate surface area is 222 Å². The SMILES string of the molecule is CC(=O)[C@H]1CC[C@H]2[C@@H]3CC[C@H]4C[C@H](O)[C@@H](N5CCO[C@@H](Cc6ccccc6)C5)C[C@]4(C)[C@H]3C(=O)C[C@]12C. The molecule has 1 aliphatic heterocycles. The lowest BCUT2D eigenvalue weighted by Crippen LogP contribution is -2.63. The minimum Gasteiger partial charge on any atom is -0.391 e. The van der Waals surface area contributed by atoms with Gasteiger partial charge in [-0.3, -0.25) is 14.5 Å². The molecule has 5 heteroatoms. The van der Waals surface area contributed by atoms with Crippen LogP contribution in [0.25, 0.3) is 0 Å². The van der Waals surface area contributed by atoms with Gasteiger partial charge in [0.1, 0.15) is 11.6 Å². The highest BCUT2D eigenvalue weighted by Gasteiger charge is 2.64. The molecule has 202 valence electrons. The molecule has 1 N–H and O–H groups in total. The van der Waals surface area contributed by atoms with Crippen molar-refractivity contribution in [3.63, 3.8) is 0 Å². The fourth-order valence-electron chi connectivity index (χ4n) is 10.2. The molecule has 5 nitrogen and oxygen atoms in total. The molecule has 0 amide bonds. The number of ether oxygens (including phenoxy) is 1. The van der Waals surface area contributed by atoms with Crippen LogP contribution < -0.4 is 0 Å². The summed E-state index contributed by atoms with van der Waals surface area (Å²) in [6, 6.07) is 10.6. The van der Waals surface area contributed by atoms with Crippen molar-refractivity contribution in [1.82, 2.24) is 4.90 Å². The summed E-state index contributed by atoms with van der Waals surface area (Å²) in [4.78, 5) is 29.0. The Morgan fingerprint density at radius 3 is 2.65 bits per heavy atom. The molecule has 0 bridgehead atoms. The third kappa shape index (κ3) is 4.24. The predicted molar refractivity (Wildman–Crippen MR) is 143 cm³/mol. The van der Waals surface area contributed by atoms with E-state index in [1.54, 1.807) is 6.92 Å². The maximum absolute atomic E-state index is 14.0. The number of nitrogens with zero attached hydrogens (tertiary/aromatic N) is 1. The van der Waals surface area contributed by atoms with E-state index >= 15 is 0 Å². The van der Waals surface area contributed by atoms with Crippen LogP contribution in [0.15, 0.2) is 30.3 Å². The van der Waals surface area contributed by atoms with Gasteiger partial charge in [-0.05, 0) is 86.0 Å². The number of benzene rings is 1. The van der Waals surface area contributed by atoms with E-state index in [4.69, 9.17) is 4.74 Å². The van der Waals surface area contributed by atoms with Gasteiger partial charge in [0.05, 0.1) is 18.8 Å². The summed E-state index contributed by atoms with van der Waals surface area (Å²) in [6.07, 6.45) is 7.16. The van der Waals surface area contributed by atoms with Crippen LogP contribution in [0, 0.1) is 40.4 Å². The first-order valence-corrected chi connectivity index (χ1v) is 14.8. The van der Waals surface area contributed by atoms with Crippen molar-refractivity contribution in [2.75, 3.05) is 19.7 Å². The van der Waals surface area contributed by atoms with Gasteiger partial charge in [0, 0.05) is 37.4 Å². The molecule has 1 aromatic rings. The number of morpholine rings is 1. The van der Waals surface area contributed by atoms with Gasteiger partial charge in [-0.25, -0.2) is 0 Å². The molecule has 1 heterocycles. The van der Waals surface area contributed by atoms with Crippen LogP contribution in [-0.2, 0) is 20.7 Å². The smallest absolute Gasteiger partial charge is 0.137 e. The molecule has 5 aliphatic rings. The maximum atomic E-state index is 14.0. The molecule has 0 unspecified atom stereocenters. The number of rotatable bonds is 4. The lowest BCUT2D eigenvalue weighted by atomic mass is 9.43. The van der Waals surface area contributed by atoms with Gasteiger partial charge in [0.25, 0.3) is 0 Å². The zero-order chi connectivity index (χ0) is 25.9. The van der Waals surface area contributed by atoms with Crippen LogP contribution in [0.4, 0.5) is 0 Å². The summed E-state index contributed by atoms with van der Waals surface area (Å²) in [5.41, 5.74) is 1.06. The fourth-order valence-corrected chi connectivity index (χ4v) is 10.2. The lowest BCUT2D eigenvalue weighted by molar-refractivity contribution is -0.173. The van der Waals surface area contributed by atoms with E-state index in [0.29, 0.717) is 36.6 Å². The van der Waals surface area contributed by atoms with Crippen LogP contribution in [-0.4, -0.2) is 59.5 Å². The number of hydrogen-bond acceptors (Lipinski definition) is 5. The topological polar surface area (TPSA) is 66.8 Å². The lowest BCUT2D eigenvalue weighted by Gasteiger charge is -2.61. The van der Waals surface area contributed by atoms with Crippen molar-refractivity contribution < 1.29 is 19.4 Å². The average molecular weight is 508 g/mol. The molecular weight excluding hydrogens is 462 g/mol. The highest BCUT2D eigenvalue weighted by molar-refractivity contribution is 5.87. The van der Waals surface area contributed by atoms with Crippen LogP contribution in [0.5, 0.6) is 0 Å². The van der Waals surface area contributed by atoms with Gasteiger partial charge >= 0.3 is 0 Å². The molecule has 37 heavy (non-hydrogen) atoms. The molecule has 0 aromatic heterocycles. The first-order chi connectivity index (χ1) is 17.7. The summed E-state index contributed by atoms with van der Waals surface area (Å²) >= 11 is 0. The number of carbonyl (C=O) groups is 2. The number of hydrogen-bond donors (Lipinski definition) is 1. The Morgan fingerprint density at radius 1 is 1.11 bits per heavy atom. The average Bonchev–Trinajstić information content (AvgIpc) is 3.21. The highest BCUT2D eigenvalue weighted by atomic mass is 16.5. The summed E-state index contributed by atoms with van der Waals surface area (Å²) in [6.45, 7) is 8.73. The van der Waals surface area contributed by atoms with Gasteiger partial charge in [0.2, 0.25) is 0 Å². The Hall–Kier alpha value is -1.56. The zero-order valence-corrected chi connectivity index (χ0v) is 22.9. The van der Waals surface area contributed by atoms with E-state index in [1.165, 1.54) is 5.56 Å². The number of carbonyl (C=O) groups excluding carboxylic acids is 2. The molecule has 1 aromatic carbocycles. The van der Waals surface area contributed by atoms with Gasteiger partial charge in [-0.1, -0.05) is 44.2 Å². The van der Waals surface area contributed by atoms with Crippen LogP contribution in [0.1, 0.15) is 71.3 Å². The zero-order valence-electron chi connectivity index (χ0n) is 22.9. The minimum atomic E-state index is -0.345. The third-order valence-electron chi connectivity index (χ3n) is 11.8. The van der Waals surface area contributed by atoms with Crippen molar-refractivity contribution in [3.8, 4) is 0 Å². The summed E-state index contributed by atoms with van der Waals surface area (Å²) < 4.78 is 6.16. The van der Waals surface area contributed by atoms with E-state index in [-0.39, 0.29) is 46.7 Å².